The Hall–Kier alpha value is -2.63. The molecule has 0 atom stereocenters. The zero-order chi connectivity index (χ0) is 15.0. The molecule has 0 aromatic heterocycles. The normalized spacial score (nSPS) is 10.1. The summed E-state index contributed by atoms with van der Waals surface area (Å²) in [5, 5.41) is 4.49. The molecule has 0 saturated carbocycles. The van der Waals surface area contributed by atoms with Crippen LogP contribution in [0.3, 0.4) is 0 Å². The monoisotopic (exact) mass is 275 g/mol. The molecule has 20 heavy (non-hydrogen) atoms. The van der Waals surface area contributed by atoms with Gasteiger partial charge in [0.2, 0.25) is 0 Å². The fourth-order valence-electron chi connectivity index (χ4n) is 1.52. The maximum Gasteiger partial charge on any atom is 0.335 e. The van der Waals surface area contributed by atoms with E-state index in [0.29, 0.717) is 6.29 Å². The average Bonchev–Trinajstić information content (AvgIpc) is 2.49. The molecule has 1 aromatic carbocycles. The molecule has 0 heterocycles. The van der Waals surface area contributed by atoms with Crippen LogP contribution >= 0.6 is 0 Å². The number of hydrogen-bond acceptors (Lipinski definition) is 3. The van der Waals surface area contributed by atoms with Gasteiger partial charge in [0.15, 0.2) is 0 Å². The highest BCUT2D eigenvalue weighted by molar-refractivity contribution is 5.93. The first-order chi connectivity index (χ1) is 9.60. The second-order valence-corrected chi connectivity index (χ2v) is 3.91. The summed E-state index contributed by atoms with van der Waals surface area (Å²) >= 11 is 0. The van der Waals surface area contributed by atoms with Gasteiger partial charge < -0.3 is 10.1 Å². The van der Waals surface area contributed by atoms with Crippen molar-refractivity contribution in [1.82, 2.24) is 15.3 Å². The third-order valence-electron chi connectivity index (χ3n) is 2.59. The summed E-state index contributed by atoms with van der Waals surface area (Å²) in [5.74, 6) is -0.452. The minimum atomic E-state index is -0.478. The second-order valence-electron chi connectivity index (χ2n) is 3.91. The molecule has 0 spiro atoms. The Morgan fingerprint density at radius 2 is 1.90 bits per heavy atom. The molecule has 6 nitrogen and oxygen atoms in total. The van der Waals surface area contributed by atoms with Gasteiger partial charge >= 0.3 is 6.03 Å². The van der Waals surface area contributed by atoms with E-state index in [2.05, 4.69) is 5.32 Å². The lowest BCUT2D eigenvalue weighted by molar-refractivity contribution is -0.139. The van der Waals surface area contributed by atoms with E-state index in [1.54, 1.807) is 6.08 Å². The number of carbonyl (C=O) groups is 3. The standard InChI is InChI=1S/C14H17N3O3/c1-15-14(20)16(2)17(10-11-18)13(19)9-8-12-6-4-3-5-7-12/h3-9,11H,10H2,1-2H3,(H,15,20)/b9-8+. The molecule has 106 valence electrons. The summed E-state index contributed by atoms with van der Waals surface area (Å²) in [7, 11) is 2.86. The van der Waals surface area contributed by atoms with Gasteiger partial charge in [-0.15, -0.1) is 0 Å². The van der Waals surface area contributed by atoms with E-state index in [1.165, 1.54) is 20.2 Å². The van der Waals surface area contributed by atoms with Crippen LogP contribution in [0.1, 0.15) is 5.56 Å². The molecule has 1 N–H and O–H groups in total. The molecule has 0 fully saturated rings. The molecule has 0 aliphatic heterocycles. The first-order valence-electron chi connectivity index (χ1n) is 6.03. The minimum Gasteiger partial charge on any atom is -0.340 e. The second kappa shape index (κ2) is 7.73. The summed E-state index contributed by atoms with van der Waals surface area (Å²) in [6.07, 6.45) is 3.50. The predicted molar refractivity (Wildman–Crippen MR) is 75.5 cm³/mol. The highest BCUT2D eigenvalue weighted by Crippen LogP contribution is 2.03. The molecule has 3 amide bonds. The van der Waals surface area contributed by atoms with E-state index < -0.39 is 11.9 Å². The maximum absolute atomic E-state index is 12.0. The maximum atomic E-state index is 12.0. The molecule has 0 radical (unpaired) electrons. The lowest BCUT2D eigenvalue weighted by Gasteiger charge is -2.28. The predicted octanol–water partition coefficient (Wildman–Crippen LogP) is 0.913. The Balaban J connectivity index is 2.81. The molecule has 1 aromatic rings. The summed E-state index contributed by atoms with van der Waals surface area (Å²) in [5.41, 5.74) is 0.856. The highest BCUT2D eigenvalue weighted by Gasteiger charge is 2.19. The zero-order valence-electron chi connectivity index (χ0n) is 11.4. The lowest BCUT2D eigenvalue weighted by atomic mass is 10.2. The molecule has 1 rings (SSSR count). The summed E-state index contributed by atoms with van der Waals surface area (Å²) in [6.45, 7) is -0.193. The van der Waals surface area contributed by atoms with Crippen LogP contribution in [0.5, 0.6) is 0 Å². The van der Waals surface area contributed by atoms with Gasteiger partial charge in [-0.25, -0.2) is 14.8 Å². The van der Waals surface area contributed by atoms with E-state index in [-0.39, 0.29) is 6.54 Å². The molecular weight excluding hydrogens is 258 g/mol. The van der Waals surface area contributed by atoms with Crippen LogP contribution in [0.15, 0.2) is 36.4 Å². The van der Waals surface area contributed by atoms with Crippen molar-refractivity contribution in [1.29, 1.82) is 0 Å². The smallest absolute Gasteiger partial charge is 0.335 e. The fourth-order valence-corrected chi connectivity index (χ4v) is 1.52. The van der Waals surface area contributed by atoms with Gasteiger partial charge in [-0.2, -0.15) is 0 Å². The van der Waals surface area contributed by atoms with Crippen molar-refractivity contribution in [2.24, 2.45) is 0 Å². The van der Waals surface area contributed by atoms with Gasteiger partial charge in [-0.05, 0) is 11.6 Å². The average molecular weight is 275 g/mol. The van der Waals surface area contributed by atoms with Crippen molar-refractivity contribution >= 4 is 24.3 Å². The number of urea groups is 1. The SMILES string of the molecule is CNC(=O)N(C)N(CC=O)C(=O)/C=C/c1ccccc1. The van der Waals surface area contributed by atoms with E-state index in [9.17, 15) is 14.4 Å². The molecular formula is C14H17N3O3. The van der Waals surface area contributed by atoms with Crippen LogP contribution in [0.2, 0.25) is 0 Å². The molecule has 0 aliphatic rings. The number of hydrogen-bond donors (Lipinski definition) is 1. The van der Waals surface area contributed by atoms with Gasteiger partial charge in [0.25, 0.3) is 5.91 Å². The van der Waals surface area contributed by atoms with Crippen molar-refractivity contribution in [2.75, 3.05) is 20.6 Å². The van der Waals surface area contributed by atoms with Crippen molar-refractivity contribution in [2.45, 2.75) is 0 Å². The number of aldehydes is 1. The summed E-state index contributed by atoms with van der Waals surface area (Å²) < 4.78 is 0. The summed E-state index contributed by atoms with van der Waals surface area (Å²) in [6, 6.07) is 8.78. The van der Waals surface area contributed by atoms with Gasteiger partial charge in [0.05, 0.1) is 6.54 Å². The third-order valence-corrected chi connectivity index (χ3v) is 2.59. The van der Waals surface area contributed by atoms with Crippen molar-refractivity contribution in [3.8, 4) is 0 Å². The number of hydrazine groups is 1. The van der Waals surface area contributed by atoms with Crippen molar-refractivity contribution in [3.05, 3.63) is 42.0 Å². The Morgan fingerprint density at radius 1 is 1.25 bits per heavy atom. The molecule has 0 bridgehead atoms. The number of nitrogens with one attached hydrogen (secondary N) is 1. The third kappa shape index (κ3) is 4.24. The Labute approximate surface area is 117 Å². The van der Waals surface area contributed by atoms with Crippen LogP contribution in [0.4, 0.5) is 4.79 Å². The van der Waals surface area contributed by atoms with Crippen LogP contribution in [0.25, 0.3) is 6.08 Å². The van der Waals surface area contributed by atoms with Gasteiger partial charge in [-0.3, -0.25) is 4.79 Å². The summed E-state index contributed by atoms with van der Waals surface area (Å²) in [4.78, 5) is 34.1. The van der Waals surface area contributed by atoms with Gasteiger partial charge in [0, 0.05) is 20.2 Å². The van der Waals surface area contributed by atoms with Gasteiger partial charge in [-0.1, -0.05) is 30.3 Å². The van der Waals surface area contributed by atoms with E-state index in [1.807, 2.05) is 30.3 Å². The Bertz CT molecular complexity index is 500. The largest absolute Gasteiger partial charge is 0.340 e. The van der Waals surface area contributed by atoms with E-state index in [0.717, 1.165) is 15.6 Å². The first kappa shape index (κ1) is 15.4. The number of carbonyl (C=O) groups excluding carboxylic acids is 3. The first-order valence-corrected chi connectivity index (χ1v) is 6.03. The minimum absolute atomic E-state index is 0.193. The Morgan fingerprint density at radius 3 is 2.45 bits per heavy atom. The van der Waals surface area contributed by atoms with Crippen molar-refractivity contribution < 1.29 is 14.4 Å². The van der Waals surface area contributed by atoms with E-state index in [4.69, 9.17) is 0 Å². The van der Waals surface area contributed by atoms with Crippen LogP contribution in [-0.4, -0.2) is 48.9 Å². The molecule has 0 saturated heterocycles. The van der Waals surface area contributed by atoms with Gasteiger partial charge in [0.1, 0.15) is 6.29 Å². The van der Waals surface area contributed by atoms with Crippen LogP contribution in [-0.2, 0) is 9.59 Å². The number of amides is 3. The number of rotatable bonds is 4. The quantitative estimate of drug-likeness (QED) is 0.504. The molecule has 0 aliphatic carbocycles. The molecule has 0 unspecified atom stereocenters. The number of nitrogens with zero attached hydrogens (tertiary/aromatic N) is 2. The van der Waals surface area contributed by atoms with Crippen LogP contribution in [0, 0.1) is 0 Å². The molecule has 6 heteroatoms. The van der Waals surface area contributed by atoms with E-state index >= 15 is 0 Å². The lowest BCUT2D eigenvalue weighted by Crippen LogP contribution is -2.50. The zero-order valence-corrected chi connectivity index (χ0v) is 11.4. The van der Waals surface area contributed by atoms with Crippen LogP contribution < -0.4 is 5.32 Å². The highest BCUT2D eigenvalue weighted by atomic mass is 16.2. The number of benzene rings is 1. The Kier molecular flexibility index (Phi) is 5.96. The van der Waals surface area contributed by atoms with Crippen molar-refractivity contribution in [3.63, 3.8) is 0 Å². The topological polar surface area (TPSA) is 69.7 Å². The fraction of sp³-hybridized carbons (Fsp3) is 0.214.